The van der Waals surface area contributed by atoms with Gasteiger partial charge in [-0.2, -0.15) is 0 Å². The van der Waals surface area contributed by atoms with Crippen molar-refractivity contribution in [3.63, 3.8) is 0 Å². The molecule has 1 N–H and O–H groups in total. The van der Waals surface area contributed by atoms with Crippen LogP contribution in [0.2, 0.25) is 0 Å². The zero-order valence-corrected chi connectivity index (χ0v) is 17.0. The number of piperazine rings is 1. The molecular weight excluding hydrogens is 366 g/mol. The van der Waals surface area contributed by atoms with Crippen molar-refractivity contribution in [2.45, 2.75) is 32.7 Å². The first-order chi connectivity index (χ1) is 12.5. The third-order valence-corrected chi connectivity index (χ3v) is 5.68. The van der Waals surface area contributed by atoms with Crippen LogP contribution in [0.3, 0.4) is 0 Å². The molecule has 1 amide bonds. The molecule has 0 spiro atoms. The number of carboxylic acids is 1. The number of anilines is 1. The number of carboxylic acid groups (broad SMARTS) is 1. The van der Waals surface area contributed by atoms with Crippen LogP contribution in [0.5, 0.6) is 0 Å². The Morgan fingerprint density at radius 2 is 1.52 bits per heavy atom. The molecule has 0 saturated carbocycles. The zero-order chi connectivity index (χ0) is 18.7. The number of rotatable bonds is 4. The maximum Gasteiger partial charge on any atom is 0.335 e. The largest absolute Gasteiger partial charge is 0.478 e. The second-order valence-corrected chi connectivity index (χ2v) is 7.57. The average Bonchev–Trinajstić information content (AvgIpc) is 2.67. The molecule has 7 heteroatoms. The maximum absolute atomic E-state index is 12.8. The second-order valence-electron chi connectivity index (χ2n) is 7.57. The van der Waals surface area contributed by atoms with E-state index in [1.165, 1.54) is 0 Å². The first kappa shape index (κ1) is 21.5. The summed E-state index contributed by atoms with van der Waals surface area (Å²) < 4.78 is 0. The number of hydrogen-bond acceptors (Lipinski definition) is 4. The van der Waals surface area contributed by atoms with Crippen molar-refractivity contribution < 1.29 is 14.7 Å². The Labute approximate surface area is 167 Å². The summed E-state index contributed by atoms with van der Waals surface area (Å²) in [7, 11) is 0. The predicted molar refractivity (Wildman–Crippen MR) is 109 cm³/mol. The number of carbonyl (C=O) groups is 2. The highest BCUT2D eigenvalue weighted by atomic mass is 35.5. The van der Waals surface area contributed by atoms with E-state index in [1.807, 2.05) is 17.0 Å². The van der Waals surface area contributed by atoms with Gasteiger partial charge < -0.3 is 14.9 Å². The molecule has 0 bridgehead atoms. The number of benzene rings is 1. The van der Waals surface area contributed by atoms with Gasteiger partial charge in [-0.15, -0.1) is 12.4 Å². The summed E-state index contributed by atoms with van der Waals surface area (Å²) in [5.74, 6) is -0.470. The Hall–Kier alpha value is -1.79. The van der Waals surface area contributed by atoms with E-state index in [2.05, 4.69) is 23.6 Å². The van der Waals surface area contributed by atoms with Crippen molar-refractivity contribution >= 4 is 30.0 Å². The number of hydrogen-bond donors (Lipinski definition) is 1. The van der Waals surface area contributed by atoms with Gasteiger partial charge in [0.05, 0.1) is 5.56 Å². The van der Waals surface area contributed by atoms with Crippen molar-refractivity contribution in [2.75, 3.05) is 44.2 Å². The third-order valence-electron chi connectivity index (χ3n) is 5.68. The van der Waals surface area contributed by atoms with E-state index in [0.29, 0.717) is 17.5 Å². The molecule has 2 heterocycles. The van der Waals surface area contributed by atoms with Gasteiger partial charge in [0.2, 0.25) is 5.91 Å². The van der Waals surface area contributed by atoms with Crippen molar-refractivity contribution in [1.82, 2.24) is 9.80 Å². The van der Waals surface area contributed by atoms with E-state index in [1.54, 1.807) is 12.1 Å². The molecule has 2 aliphatic rings. The summed E-state index contributed by atoms with van der Waals surface area (Å²) in [5.41, 5.74) is 1.34. The highest BCUT2D eigenvalue weighted by Gasteiger charge is 2.30. The molecule has 150 valence electrons. The lowest BCUT2D eigenvalue weighted by Crippen LogP contribution is -2.53. The Balaban J connectivity index is 0.00000261. The highest BCUT2D eigenvalue weighted by molar-refractivity contribution is 5.88. The van der Waals surface area contributed by atoms with Gasteiger partial charge >= 0.3 is 5.97 Å². The van der Waals surface area contributed by atoms with Crippen molar-refractivity contribution in [3.05, 3.63) is 29.8 Å². The summed E-state index contributed by atoms with van der Waals surface area (Å²) in [6.07, 6.45) is 1.73. The van der Waals surface area contributed by atoms with Gasteiger partial charge in [0.15, 0.2) is 0 Å². The van der Waals surface area contributed by atoms with Crippen LogP contribution in [0.15, 0.2) is 24.3 Å². The lowest BCUT2D eigenvalue weighted by molar-refractivity contribution is -0.138. The molecule has 2 aliphatic heterocycles. The van der Waals surface area contributed by atoms with Crippen LogP contribution < -0.4 is 4.90 Å². The minimum absolute atomic E-state index is 0. The van der Waals surface area contributed by atoms with E-state index in [9.17, 15) is 9.59 Å². The van der Waals surface area contributed by atoms with Gasteiger partial charge in [0, 0.05) is 56.9 Å². The highest BCUT2D eigenvalue weighted by Crippen LogP contribution is 2.25. The third kappa shape index (κ3) is 5.14. The standard InChI is InChI=1S/C20H29N3O3.ClH/c1-15(2)21-11-13-23(14-12-21)19(24)16-7-9-22(10-8-16)18-5-3-17(4-6-18)20(25)26;/h3-6,15-16H,7-14H2,1-2H3,(H,25,26);1H. The zero-order valence-electron chi connectivity index (χ0n) is 16.1. The molecule has 2 fully saturated rings. The maximum atomic E-state index is 12.8. The first-order valence-corrected chi connectivity index (χ1v) is 9.57. The van der Waals surface area contributed by atoms with Gasteiger partial charge in [-0.05, 0) is 51.0 Å². The lowest BCUT2D eigenvalue weighted by atomic mass is 9.94. The molecule has 2 saturated heterocycles. The van der Waals surface area contributed by atoms with E-state index in [4.69, 9.17) is 5.11 Å². The van der Waals surface area contributed by atoms with Gasteiger partial charge in [-0.25, -0.2) is 4.79 Å². The minimum Gasteiger partial charge on any atom is -0.478 e. The molecule has 1 aromatic rings. The fourth-order valence-corrected chi connectivity index (χ4v) is 3.92. The van der Waals surface area contributed by atoms with Crippen LogP contribution in [0.4, 0.5) is 5.69 Å². The van der Waals surface area contributed by atoms with Crippen LogP contribution in [0, 0.1) is 5.92 Å². The molecule has 0 radical (unpaired) electrons. The van der Waals surface area contributed by atoms with Gasteiger partial charge in [-0.1, -0.05) is 0 Å². The van der Waals surface area contributed by atoms with Crippen LogP contribution >= 0.6 is 12.4 Å². The average molecular weight is 396 g/mol. The van der Waals surface area contributed by atoms with E-state index in [-0.39, 0.29) is 18.3 Å². The molecule has 6 nitrogen and oxygen atoms in total. The number of carbonyl (C=O) groups excluding carboxylic acids is 1. The molecular formula is C20H30ClN3O3. The topological polar surface area (TPSA) is 64.1 Å². The molecule has 1 aromatic carbocycles. The lowest BCUT2D eigenvalue weighted by Gasteiger charge is -2.40. The monoisotopic (exact) mass is 395 g/mol. The van der Waals surface area contributed by atoms with Crippen LogP contribution in [-0.2, 0) is 4.79 Å². The second kappa shape index (κ2) is 9.42. The molecule has 0 aromatic heterocycles. The first-order valence-electron chi connectivity index (χ1n) is 9.57. The van der Waals surface area contributed by atoms with Gasteiger partial charge in [0.1, 0.15) is 0 Å². The Morgan fingerprint density at radius 1 is 0.963 bits per heavy atom. The molecule has 3 rings (SSSR count). The van der Waals surface area contributed by atoms with Crippen LogP contribution in [0.25, 0.3) is 0 Å². The van der Waals surface area contributed by atoms with Crippen LogP contribution in [0.1, 0.15) is 37.0 Å². The molecule has 0 aliphatic carbocycles. The number of aromatic carboxylic acids is 1. The predicted octanol–water partition coefficient (Wildman–Crippen LogP) is 2.58. The summed E-state index contributed by atoms with van der Waals surface area (Å²) in [4.78, 5) is 30.5. The fourth-order valence-electron chi connectivity index (χ4n) is 3.92. The summed E-state index contributed by atoms with van der Waals surface area (Å²) in [6, 6.07) is 7.54. The summed E-state index contributed by atoms with van der Waals surface area (Å²) in [6.45, 7) is 9.72. The van der Waals surface area contributed by atoms with Crippen molar-refractivity contribution in [2.24, 2.45) is 5.92 Å². The smallest absolute Gasteiger partial charge is 0.335 e. The summed E-state index contributed by atoms with van der Waals surface area (Å²) in [5, 5.41) is 8.99. The normalized spacial score (nSPS) is 19.1. The number of nitrogens with zero attached hydrogens (tertiary/aromatic N) is 3. The SMILES string of the molecule is CC(C)N1CCN(C(=O)C2CCN(c3ccc(C(=O)O)cc3)CC2)CC1.Cl. The van der Waals surface area contributed by atoms with Crippen molar-refractivity contribution in [3.8, 4) is 0 Å². The Bertz CT molecular complexity index is 634. The van der Waals surface area contributed by atoms with Crippen LogP contribution in [-0.4, -0.2) is 72.1 Å². The Kier molecular flexibility index (Phi) is 7.50. The van der Waals surface area contributed by atoms with Gasteiger partial charge in [0.25, 0.3) is 0 Å². The molecule has 27 heavy (non-hydrogen) atoms. The van der Waals surface area contributed by atoms with Crippen molar-refractivity contribution in [1.29, 1.82) is 0 Å². The Morgan fingerprint density at radius 3 is 2.00 bits per heavy atom. The summed E-state index contributed by atoms with van der Waals surface area (Å²) >= 11 is 0. The van der Waals surface area contributed by atoms with E-state index < -0.39 is 5.97 Å². The molecule has 0 unspecified atom stereocenters. The number of piperidine rings is 1. The fraction of sp³-hybridized carbons (Fsp3) is 0.600. The van der Waals surface area contributed by atoms with E-state index >= 15 is 0 Å². The quantitative estimate of drug-likeness (QED) is 0.848. The van der Waals surface area contributed by atoms with Gasteiger partial charge in [-0.3, -0.25) is 9.69 Å². The number of amides is 1. The molecule has 0 atom stereocenters. The minimum atomic E-state index is -0.904. The van der Waals surface area contributed by atoms with E-state index in [0.717, 1.165) is 57.8 Å². The number of halogens is 1.